The lowest BCUT2D eigenvalue weighted by atomic mass is 10.00. The van der Waals surface area contributed by atoms with Gasteiger partial charge in [0.15, 0.2) is 0 Å². The first kappa shape index (κ1) is 23.6. The van der Waals surface area contributed by atoms with E-state index in [4.69, 9.17) is 9.15 Å². The maximum absolute atomic E-state index is 14.1. The Morgan fingerprint density at radius 3 is 2.37 bits per heavy atom. The summed E-state index contributed by atoms with van der Waals surface area (Å²) in [7, 11) is 0. The van der Waals surface area contributed by atoms with Crippen LogP contribution in [0, 0.1) is 5.82 Å². The molecule has 4 nitrogen and oxygen atoms in total. The molecule has 9 heteroatoms. The summed E-state index contributed by atoms with van der Waals surface area (Å²) in [6, 6.07) is 15.2. The molecule has 0 atom stereocenters. The molecule has 0 N–H and O–H groups in total. The number of benzene rings is 3. The van der Waals surface area contributed by atoms with E-state index in [0.29, 0.717) is 28.8 Å². The van der Waals surface area contributed by atoms with Gasteiger partial charge in [-0.05, 0) is 53.9 Å². The fraction of sp³-hybridized carbons (Fsp3) is 0.192. The van der Waals surface area contributed by atoms with Crippen LogP contribution in [0.25, 0.3) is 22.1 Å². The van der Waals surface area contributed by atoms with Crippen molar-refractivity contribution in [2.45, 2.75) is 19.1 Å². The number of rotatable bonds is 4. The van der Waals surface area contributed by atoms with Crippen LogP contribution in [0.2, 0.25) is 0 Å². The van der Waals surface area contributed by atoms with E-state index in [9.17, 15) is 22.4 Å². The van der Waals surface area contributed by atoms with Crippen LogP contribution < -0.4 is 10.2 Å². The summed E-state index contributed by atoms with van der Waals surface area (Å²) in [5.74, 6) is -1.29. The minimum Gasteiger partial charge on any atom is -0.478 e. The summed E-state index contributed by atoms with van der Waals surface area (Å²) in [4.78, 5) is 15.2. The summed E-state index contributed by atoms with van der Waals surface area (Å²) in [6.45, 7) is 0.994. The van der Waals surface area contributed by atoms with Gasteiger partial charge in [-0.3, -0.25) is 9.69 Å². The van der Waals surface area contributed by atoms with Gasteiger partial charge >= 0.3 is 6.18 Å². The average Bonchev–Trinajstić information content (AvgIpc) is 2.83. The van der Waals surface area contributed by atoms with Crippen LogP contribution in [0.5, 0.6) is 5.75 Å². The molecule has 35 heavy (non-hydrogen) atoms. The highest BCUT2D eigenvalue weighted by molar-refractivity contribution is 9.10. The van der Waals surface area contributed by atoms with Gasteiger partial charge in [0.2, 0.25) is 11.2 Å². The number of halogens is 5. The predicted molar refractivity (Wildman–Crippen MR) is 127 cm³/mol. The van der Waals surface area contributed by atoms with Crippen molar-refractivity contribution in [2.75, 3.05) is 13.3 Å². The molecule has 0 fully saturated rings. The first-order chi connectivity index (χ1) is 16.7. The molecule has 0 spiro atoms. The van der Waals surface area contributed by atoms with Crippen molar-refractivity contribution in [3.05, 3.63) is 98.1 Å². The topological polar surface area (TPSA) is 42.7 Å². The van der Waals surface area contributed by atoms with Crippen LogP contribution >= 0.6 is 15.9 Å². The van der Waals surface area contributed by atoms with Crippen LogP contribution in [0.1, 0.15) is 16.9 Å². The number of hydrogen-bond donors (Lipinski definition) is 0. The zero-order valence-corrected chi connectivity index (χ0v) is 19.7. The first-order valence-corrected chi connectivity index (χ1v) is 11.6. The van der Waals surface area contributed by atoms with Gasteiger partial charge in [0.25, 0.3) is 0 Å². The maximum Gasteiger partial charge on any atom is 0.450 e. The molecule has 4 aromatic rings. The molecular weight excluding hydrogens is 530 g/mol. The van der Waals surface area contributed by atoms with Crippen molar-refractivity contribution in [3.8, 4) is 16.9 Å². The summed E-state index contributed by atoms with van der Waals surface area (Å²) < 4.78 is 67.2. The number of fused-ring (bicyclic) bond motifs is 3. The molecule has 0 amide bonds. The monoisotopic (exact) mass is 547 g/mol. The van der Waals surface area contributed by atoms with Crippen LogP contribution in [0.4, 0.5) is 17.6 Å². The van der Waals surface area contributed by atoms with Crippen molar-refractivity contribution in [1.82, 2.24) is 4.90 Å². The van der Waals surface area contributed by atoms with E-state index < -0.39 is 22.9 Å². The minimum atomic E-state index is -4.88. The van der Waals surface area contributed by atoms with E-state index in [1.165, 1.54) is 30.3 Å². The second-order valence-corrected chi connectivity index (χ2v) is 9.18. The molecule has 5 rings (SSSR count). The van der Waals surface area contributed by atoms with E-state index in [0.717, 1.165) is 5.56 Å². The van der Waals surface area contributed by atoms with E-state index in [-0.39, 0.29) is 35.6 Å². The Morgan fingerprint density at radius 1 is 0.971 bits per heavy atom. The zero-order chi connectivity index (χ0) is 24.7. The standard InChI is InChI=1S/C26H18BrF4NO3/c27-17-5-3-16(4-6-17)22-23(33)19-9-10-21-20(24(19)35-25(22)26(29,30)31)13-32(14-34-21)12-11-15-1-7-18(28)8-2-15/h1-10H,11-14H2. The number of alkyl halides is 3. The Hall–Kier alpha value is -3.17. The molecule has 180 valence electrons. The van der Waals surface area contributed by atoms with Crippen molar-refractivity contribution in [1.29, 1.82) is 0 Å². The highest BCUT2D eigenvalue weighted by Gasteiger charge is 2.40. The predicted octanol–water partition coefficient (Wildman–Crippen LogP) is 6.78. The Balaban J connectivity index is 1.56. The van der Waals surface area contributed by atoms with E-state index in [1.807, 2.05) is 4.90 Å². The van der Waals surface area contributed by atoms with Gasteiger partial charge in [-0.15, -0.1) is 0 Å². The van der Waals surface area contributed by atoms with Gasteiger partial charge in [0, 0.05) is 17.6 Å². The van der Waals surface area contributed by atoms with Gasteiger partial charge in [0.1, 0.15) is 23.9 Å². The van der Waals surface area contributed by atoms with Crippen molar-refractivity contribution < 1.29 is 26.7 Å². The first-order valence-electron chi connectivity index (χ1n) is 10.8. The summed E-state index contributed by atoms with van der Waals surface area (Å²) in [5.41, 5.74) is 0.00525. The average molecular weight is 548 g/mol. The normalized spacial score (nSPS) is 14.1. The maximum atomic E-state index is 14.1. The second kappa shape index (κ2) is 9.13. The fourth-order valence-electron chi connectivity index (χ4n) is 4.17. The molecule has 3 aromatic carbocycles. The Morgan fingerprint density at radius 2 is 1.69 bits per heavy atom. The number of hydrogen-bond acceptors (Lipinski definition) is 4. The number of ether oxygens (including phenoxy) is 1. The van der Waals surface area contributed by atoms with E-state index in [2.05, 4.69) is 15.9 Å². The van der Waals surface area contributed by atoms with E-state index in [1.54, 1.807) is 30.3 Å². The molecule has 0 aliphatic carbocycles. The summed E-state index contributed by atoms with van der Waals surface area (Å²) in [5, 5.41) is 0.0543. The lowest BCUT2D eigenvalue weighted by Gasteiger charge is -2.29. The molecule has 0 bridgehead atoms. The largest absolute Gasteiger partial charge is 0.478 e. The molecule has 2 heterocycles. The van der Waals surface area contributed by atoms with Crippen molar-refractivity contribution in [3.63, 3.8) is 0 Å². The van der Waals surface area contributed by atoms with Gasteiger partial charge in [-0.2, -0.15) is 13.2 Å². The molecule has 1 aliphatic heterocycles. The van der Waals surface area contributed by atoms with Crippen LogP contribution in [-0.2, 0) is 19.1 Å². The number of nitrogens with zero attached hydrogens (tertiary/aromatic N) is 1. The molecule has 1 aliphatic rings. The SMILES string of the molecule is O=c1c(-c2ccc(Br)cc2)c(C(F)(F)F)oc2c3c(ccc12)OCN(CCc1ccc(F)cc1)C3. The van der Waals surface area contributed by atoms with Gasteiger partial charge < -0.3 is 9.15 Å². The summed E-state index contributed by atoms with van der Waals surface area (Å²) in [6.07, 6.45) is -4.29. The van der Waals surface area contributed by atoms with Gasteiger partial charge in [0.05, 0.1) is 16.5 Å². The third-order valence-corrected chi connectivity index (χ3v) is 6.45. The smallest absolute Gasteiger partial charge is 0.450 e. The van der Waals surface area contributed by atoms with E-state index >= 15 is 0 Å². The third kappa shape index (κ3) is 4.70. The lowest BCUT2D eigenvalue weighted by molar-refractivity contribution is -0.152. The molecule has 0 radical (unpaired) electrons. The van der Waals surface area contributed by atoms with Crippen LogP contribution in [0.15, 0.2) is 74.3 Å². The van der Waals surface area contributed by atoms with Crippen molar-refractivity contribution in [2.24, 2.45) is 0 Å². The Bertz CT molecular complexity index is 1450. The van der Waals surface area contributed by atoms with Crippen LogP contribution in [-0.4, -0.2) is 18.2 Å². The zero-order valence-electron chi connectivity index (χ0n) is 18.2. The molecule has 0 saturated heterocycles. The lowest BCUT2D eigenvalue weighted by Crippen LogP contribution is -2.34. The molecular formula is C26H18BrF4NO3. The highest BCUT2D eigenvalue weighted by Crippen LogP contribution is 2.40. The highest BCUT2D eigenvalue weighted by atomic mass is 79.9. The Kier molecular flexibility index (Phi) is 6.14. The fourth-order valence-corrected chi connectivity index (χ4v) is 4.44. The molecule has 0 unspecified atom stereocenters. The Labute approximate surface area is 205 Å². The molecule has 0 saturated carbocycles. The second-order valence-electron chi connectivity index (χ2n) is 8.26. The van der Waals surface area contributed by atoms with Crippen molar-refractivity contribution >= 4 is 26.9 Å². The third-order valence-electron chi connectivity index (χ3n) is 5.93. The summed E-state index contributed by atoms with van der Waals surface area (Å²) >= 11 is 3.25. The minimum absolute atomic E-state index is 0.0543. The van der Waals surface area contributed by atoms with Crippen LogP contribution in [0.3, 0.4) is 0 Å². The van der Waals surface area contributed by atoms with Gasteiger partial charge in [-0.1, -0.05) is 40.2 Å². The molecule has 1 aromatic heterocycles. The quantitative estimate of drug-likeness (QED) is 0.264. The van der Waals surface area contributed by atoms with Gasteiger partial charge in [-0.25, -0.2) is 4.39 Å².